The molecule has 1 fully saturated rings. The van der Waals surface area contributed by atoms with E-state index in [0.29, 0.717) is 12.1 Å². The molecule has 2 nitrogen and oxygen atoms in total. The van der Waals surface area contributed by atoms with Crippen molar-refractivity contribution in [1.82, 2.24) is 5.32 Å². The fraction of sp³-hybridized carbons (Fsp3) is 0.667. The van der Waals surface area contributed by atoms with Gasteiger partial charge in [0.15, 0.2) is 0 Å². The monoisotopic (exact) mass is 275 g/mol. The van der Waals surface area contributed by atoms with Gasteiger partial charge in [-0.2, -0.15) is 0 Å². The summed E-state index contributed by atoms with van der Waals surface area (Å²) < 4.78 is 5.86. The number of benzene rings is 1. The molecule has 2 atom stereocenters. The Balaban J connectivity index is 1.79. The summed E-state index contributed by atoms with van der Waals surface area (Å²) in [5.41, 5.74) is 1.44. The topological polar surface area (TPSA) is 21.3 Å². The van der Waals surface area contributed by atoms with Crippen molar-refractivity contribution in [1.29, 1.82) is 0 Å². The molecule has 1 aromatic carbocycles. The third-order valence-corrected chi connectivity index (χ3v) is 4.12. The van der Waals surface area contributed by atoms with Crippen LogP contribution in [0.15, 0.2) is 30.3 Å². The van der Waals surface area contributed by atoms with E-state index in [1.54, 1.807) is 0 Å². The van der Waals surface area contributed by atoms with Crippen LogP contribution in [0.25, 0.3) is 0 Å². The Kier molecular flexibility index (Phi) is 7.10. The molecule has 0 bridgehead atoms. The largest absolute Gasteiger partial charge is 0.378 e. The van der Waals surface area contributed by atoms with E-state index in [2.05, 4.69) is 42.6 Å². The molecule has 0 aliphatic carbocycles. The van der Waals surface area contributed by atoms with Crippen LogP contribution in [0.5, 0.6) is 0 Å². The number of rotatable bonds is 8. The van der Waals surface area contributed by atoms with Crippen molar-refractivity contribution in [2.24, 2.45) is 0 Å². The lowest BCUT2D eigenvalue weighted by molar-refractivity contribution is 0.00858. The van der Waals surface area contributed by atoms with Gasteiger partial charge in [-0.3, -0.25) is 0 Å². The Labute approximate surface area is 123 Å². The average Bonchev–Trinajstić information content (AvgIpc) is 2.52. The van der Waals surface area contributed by atoms with E-state index in [9.17, 15) is 0 Å². The zero-order chi connectivity index (χ0) is 14.0. The fourth-order valence-electron chi connectivity index (χ4n) is 2.95. The van der Waals surface area contributed by atoms with Crippen LogP contribution < -0.4 is 5.32 Å². The zero-order valence-corrected chi connectivity index (χ0v) is 12.8. The predicted molar refractivity (Wildman–Crippen MR) is 85.1 cm³/mol. The summed E-state index contributed by atoms with van der Waals surface area (Å²) in [7, 11) is 0. The molecule has 1 N–H and O–H groups in total. The number of ether oxygens (including phenoxy) is 1. The van der Waals surface area contributed by atoms with Gasteiger partial charge in [0.05, 0.1) is 6.10 Å². The van der Waals surface area contributed by atoms with E-state index in [1.165, 1.54) is 44.1 Å². The van der Waals surface area contributed by atoms with Crippen molar-refractivity contribution in [3.05, 3.63) is 35.9 Å². The Morgan fingerprint density at radius 2 is 2.10 bits per heavy atom. The summed E-state index contributed by atoms with van der Waals surface area (Å²) in [6, 6.07) is 11.4. The Hall–Kier alpha value is -0.860. The van der Waals surface area contributed by atoms with Crippen molar-refractivity contribution >= 4 is 0 Å². The van der Waals surface area contributed by atoms with Crippen molar-refractivity contribution in [3.8, 4) is 0 Å². The molecule has 20 heavy (non-hydrogen) atoms. The average molecular weight is 275 g/mol. The molecule has 0 amide bonds. The van der Waals surface area contributed by atoms with E-state index in [0.717, 1.165) is 19.6 Å². The van der Waals surface area contributed by atoms with Gasteiger partial charge in [0.2, 0.25) is 0 Å². The SMILES string of the molecule is CCCNC(CCC1CCCCO1)Cc1ccccc1. The van der Waals surface area contributed by atoms with Crippen molar-refractivity contribution in [3.63, 3.8) is 0 Å². The molecule has 1 saturated heterocycles. The van der Waals surface area contributed by atoms with Gasteiger partial charge in [0.1, 0.15) is 0 Å². The quantitative estimate of drug-likeness (QED) is 0.775. The van der Waals surface area contributed by atoms with Crippen LogP contribution >= 0.6 is 0 Å². The number of nitrogens with one attached hydrogen (secondary N) is 1. The Morgan fingerprint density at radius 1 is 1.25 bits per heavy atom. The van der Waals surface area contributed by atoms with Crippen LogP contribution in [0.2, 0.25) is 0 Å². The van der Waals surface area contributed by atoms with E-state index in [1.807, 2.05) is 0 Å². The normalized spacial score (nSPS) is 20.8. The van der Waals surface area contributed by atoms with Crippen LogP contribution in [0.1, 0.15) is 51.0 Å². The molecule has 1 aromatic rings. The Morgan fingerprint density at radius 3 is 2.80 bits per heavy atom. The standard InChI is InChI=1S/C18H29NO/c1-2-13-19-17(15-16-8-4-3-5-9-16)11-12-18-10-6-7-14-20-18/h3-5,8-9,17-19H,2,6-7,10-15H2,1H3. The highest BCUT2D eigenvalue weighted by molar-refractivity contribution is 5.15. The highest BCUT2D eigenvalue weighted by atomic mass is 16.5. The second-order valence-corrected chi connectivity index (χ2v) is 5.91. The second kappa shape index (κ2) is 9.15. The zero-order valence-electron chi connectivity index (χ0n) is 12.8. The van der Waals surface area contributed by atoms with Gasteiger partial charge >= 0.3 is 0 Å². The molecule has 2 unspecified atom stereocenters. The number of hydrogen-bond donors (Lipinski definition) is 1. The minimum absolute atomic E-state index is 0.505. The highest BCUT2D eigenvalue weighted by Crippen LogP contribution is 2.19. The predicted octanol–water partition coefficient (Wildman–Crippen LogP) is 3.95. The molecule has 2 heteroatoms. The maximum Gasteiger partial charge on any atom is 0.0575 e. The summed E-state index contributed by atoms with van der Waals surface area (Å²) in [6.07, 6.45) is 9.11. The maximum atomic E-state index is 5.86. The van der Waals surface area contributed by atoms with Crippen molar-refractivity contribution in [2.75, 3.05) is 13.2 Å². The van der Waals surface area contributed by atoms with Crippen molar-refractivity contribution in [2.45, 2.75) is 64.0 Å². The summed E-state index contributed by atoms with van der Waals surface area (Å²) in [5, 5.41) is 3.70. The minimum atomic E-state index is 0.505. The summed E-state index contributed by atoms with van der Waals surface area (Å²) in [6.45, 7) is 4.32. The van der Waals surface area contributed by atoms with Crippen LogP contribution in [0.4, 0.5) is 0 Å². The van der Waals surface area contributed by atoms with E-state index < -0.39 is 0 Å². The second-order valence-electron chi connectivity index (χ2n) is 5.91. The molecule has 2 rings (SSSR count). The number of hydrogen-bond acceptors (Lipinski definition) is 2. The van der Waals surface area contributed by atoms with E-state index in [4.69, 9.17) is 4.74 Å². The smallest absolute Gasteiger partial charge is 0.0575 e. The molecule has 1 aliphatic heterocycles. The van der Waals surface area contributed by atoms with Crippen LogP contribution in [0, 0.1) is 0 Å². The lowest BCUT2D eigenvalue weighted by atomic mass is 9.97. The molecule has 1 heterocycles. The van der Waals surface area contributed by atoms with Gasteiger partial charge in [-0.15, -0.1) is 0 Å². The first kappa shape index (κ1) is 15.5. The van der Waals surface area contributed by atoms with Crippen molar-refractivity contribution < 1.29 is 4.74 Å². The van der Waals surface area contributed by atoms with Gasteiger partial charge in [-0.1, -0.05) is 37.3 Å². The summed E-state index contributed by atoms with van der Waals surface area (Å²) in [5.74, 6) is 0. The lowest BCUT2D eigenvalue weighted by Crippen LogP contribution is -2.33. The van der Waals surface area contributed by atoms with E-state index in [-0.39, 0.29) is 0 Å². The molecule has 0 aromatic heterocycles. The molecule has 0 saturated carbocycles. The first-order valence-corrected chi connectivity index (χ1v) is 8.27. The van der Waals surface area contributed by atoms with Crippen LogP contribution in [-0.2, 0) is 11.2 Å². The maximum absolute atomic E-state index is 5.86. The third-order valence-electron chi connectivity index (χ3n) is 4.12. The molecule has 0 radical (unpaired) electrons. The van der Waals surface area contributed by atoms with Gasteiger partial charge in [-0.25, -0.2) is 0 Å². The lowest BCUT2D eigenvalue weighted by Gasteiger charge is -2.25. The van der Waals surface area contributed by atoms with Gasteiger partial charge in [0.25, 0.3) is 0 Å². The third kappa shape index (κ3) is 5.64. The van der Waals surface area contributed by atoms with Crippen LogP contribution in [0.3, 0.4) is 0 Å². The molecular formula is C18H29NO. The first-order chi connectivity index (χ1) is 9.88. The minimum Gasteiger partial charge on any atom is -0.378 e. The molecule has 112 valence electrons. The van der Waals surface area contributed by atoms with Crippen LogP contribution in [-0.4, -0.2) is 25.3 Å². The molecular weight excluding hydrogens is 246 g/mol. The van der Waals surface area contributed by atoms with Gasteiger partial charge in [-0.05, 0) is 57.1 Å². The highest BCUT2D eigenvalue weighted by Gasteiger charge is 2.16. The first-order valence-electron chi connectivity index (χ1n) is 8.27. The van der Waals surface area contributed by atoms with Gasteiger partial charge in [0, 0.05) is 12.6 Å². The van der Waals surface area contributed by atoms with E-state index >= 15 is 0 Å². The fourth-order valence-corrected chi connectivity index (χ4v) is 2.95. The molecule has 0 spiro atoms. The molecule has 1 aliphatic rings. The van der Waals surface area contributed by atoms with Gasteiger partial charge < -0.3 is 10.1 Å². The summed E-state index contributed by atoms with van der Waals surface area (Å²) >= 11 is 0. The Bertz CT molecular complexity index is 346. The summed E-state index contributed by atoms with van der Waals surface area (Å²) in [4.78, 5) is 0.